The van der Waals surface area contributed by atoms with Crippen molar-refractivity contribution in [3.8, 4) is 5.75 Å². The minimum absolute atomic E-state index is 0.0481. The molecule has 2 amide bonds. The summed E-state index contributed by atoms with van der Waals surface area (Å²) in [5, 5.41) is 2.90. The minimum atomic E-state index is -0.463. The lowest BCUT2D eigenvalue weighted by Crippen LogP contribution is -2.48. The summed E-state index contributed by atoms with van der Waals surface area (Å²) in [5.74, 6) is -0.258. The Balaban J connectivity index is 1.79. The van der Waals surface area contributed by atoms with Crippen molar-refractivity contribution < 1.29 is 14.3 Å². The largest absolute Gasteiger partial charge is 0.490 e. The summed E-state index contributed by atoms with van der Waals surface area (Å²) < 4.78 is 5.35. The van der Waals surface area contributed by atoms with Gasteiger partial charge in [-0.15, -0.1) is 0 Å². The van der Waals surface area contributed by atoms with Crippen LogP contribution in [0.5, 0.6) is 5.75 Å². The van der Waals surface area contributed by atoms with Crippen molar-refractivity contribution in [3.63, 3.8) is 0 Å². The molecule has 28 heavy (non-hydrogen) atoms. The summed E-state index contributed by atoms with van der Waals surface area (Å²) in [4.78, 5) is 24.0. The van der Waals surface area contributed by atoms with E-state index in [4.69, 9.17) is 28.6 Å². The van der Waals surface area contributed by atoms with Crippen LogP contribution < -0.4 is 20.9 Å². The Kier molecular flexibility index (Phi) is 8.20. The summed E-state index contributed by atoms with van der Waals surface area (Å²) in [6.45, 7) is 3.94. The molecular weight excluding hydrogens is 398 g/mol. The average Bonchev–Trinajstić information content (AvgIpc) is 2.70. The zero-order chi connectivity index (χ0) is 20.4. The van der Waals surface area contributed by atoms with Crippen molar-refractivity contribution in [2.24, 2.45) is 0 Å². The Morgan fingerprint density at radius 1 is 1.11 bits per heavy atom. The maximum absolute atomic E-state index is 12.1. The molecule has 8 heteroatoms. The van der Waals surface area contributed by atoms with E-state index in [0.29, 0.717) is 28.5 Å². The number of hydrogen-bond acceptors (Lipinski definition) is 4. The molecule has 0 aliphatic rings. The second-order valence-electron chi connectivity index (χ2n) is 5.38. The molecule has 0 unspecified atom stereocenters. The third-order valence-corrected chi connectivity index (χ3v) is 3.88. The normalized spacial score (nSPS) is 10.2. The van der Waals surface area contributed by atoms with Gasteiger partial charge in [0.05, 0.1) is 0 Å². The molecule has 0 aliphatic heterocycles. The molecule has 0 aliphatic carbocycles. The summed E-state index contributed by atoms with van der Waals surface area (Å²) in [6.07, 6.45) is 4.48. The van der Waals surface area contributed by atoms with Gasteiger partial charge in [-0.1, -0.05) is 42.5 Å². The number of thiocarbonyl (C=S) groups is 1. The van der Waals surface area contributed by atoms with Crippen LogP contribution in [-0.2, 0) is 4.79 Å². The highest BCUT2D eigenvalue weighted by Crippen LogP contribution is 2.16. The van der Waals surface area contributed by atoms with Gasteiger partial charge in [-0.25, -0.2) is 0 Å². The Hall–Kier alpha value is -3.16. The number of hydrogen-bond donors (Lipinski definition) is 3. The molecule has 2 aromatic rings. The fraction of sp³-hybridized carbons (Fsp3) is 0.0500. The lowest BCUT2D eigenvalue weighted by Gasteiger charge is -2.10. The van der Waals surface area contributed by atoms with Crippen molar-refractivity contribution in [1.29, 1.82) is 0 Å². The Labute approximate surface area is 173 Å². The highest BCUT2D eigenvalue weighted by atomic mass is 35.5. The third kappa shape index (κ3) is 6.86. The van der Waals surface area contributed by atoms with Crippen LogP contribution in [0.15, 0.2) is 67.3 Å². The zero-order valence-electron chi connectivity index (χ0n) is 14.8. The molecule has 3 N–H and O–H groups in total. The maximum Gasteiger partial charge on any atom is 0.269 e. The molecule has 0 saturated heterocycles. The molecule has 0 radical (unpaired) electrons. The first-order chi connectivity index (χ1) is 13.5. The van der Waals surface area contributed by atoms with Gasteiger partial charge in [0.25, 0.3) is 5.91 Å². The molecule has 0 saturated carbocycles. The number of amides is 2. The zero-order valence-corrected chi connectivity index (χ0v) is 16.3. The van der Waals surface area contributed by atoms with E-state index in [1.807, 2.05) is 6.07 Å². The van der Waals surface area contributed by atoms with Gasteiger partial charge in [0, 0.05) is 16.7 Å². The van der Waals surface area contributed by atoms with Gasteiger partial charge in [0.1, 0.15) is 12.4 Å². The van der Waals surface area contributed by atoms with Gasteiger partial charge < -0.3 is 4.74 Å². The van der Waals surface area contributed by atoms with Crippen molar-refractivity contribution in [2.45, 2.75) is 0 Å². The molecule has 2 rings (SSSR count). The van der Waals surface area contributed by atoms with Crippen LogP contribution in [0.3, 0.4) is 0 Å². The number of ether oxygens (including phenoxy) is 1. The summed E-state index contributed by atoms with van der Waals surface area (Å²) in [6, 6.07) is 13.6. The van der Waals surface area contributed by atoms with E-state index in [0.717, 1.165) is 0 Å². The van der Waals surface area contributed by atoms with E-state index >= 15 is 0 Å². The number of benzene rings is 2. The standard InChI is InChI=1S/C20H18ClN3O3S/c1-2-13-27-16-10-7-15(8-11-16)19(26)23-24-20(28)22-18(25)12-9-14-5-3-4-6-17(14)21/h2-12H,1,13H2,(H,23,26)(H2,22,24,25,28)/b12-9+. The highest BCUT2D eigenvalue weighted by Gasteiger charge is 2.07. The van der Waals surface area contributed by atoms with Crippen LogP contribution in [0, 0.1) is 0 Å². The van der Waals surface area contributed by atoms with E-state index in [1.54, 1.807) is 54.6 Å². The lowest BCUT2D eigenvalue weighted by molar-refractivity contribution is -0.115. The summed E-state index contributed by atoms with van der Waals surface area (Å²) in [7, 11) is 0. The van der Waals surface area contributed by atoms with E-state index in [-0.39, 0.29) is 5.11 Å². The number of nitrogens with one attached hydrogen (secondary N) is 3. The smallest absolute Gasteiger partial charge is 0.269 e. The predicted molar refractivity (Wildman–Crippen MR) is 114 cm³/mol. The number of hydrazine groups is 1. The second kappa shape index (κ2) is 10.9. The van der Waals surface area contributed by atoms with Crippen molar-refractivity contribution in [2.75, 3.05) is 6.61 Å². The van der Waals surface area contributed by atoms with Gasteiger partial charge >= 0.3 is 0 Å². The van der Waals surface area contributed by atoms with Gasteiger partial charge in [-0.2, -0.15) is 0 Å². The first-order valence-electron chi connectivity index (χ1n) is 8.17. The lowest BCUT2D eigenvalue weighted by atomic mass is 10.2. The number of carbonyl (C=O) groups is 2. The first-order valence-corrected chi connectivity index (χ1v) is 8.96. The van der Waals surface area contributed by atoms with Gasteiger partial charge in [-0.3, -0.25) is 25.8 Å². The van der Waals surface area contributed by atoms with Crippen LogP contribution in [0.1, 0.15) is 15.9 Å². The van der Waals surface area contributed by atoms with E-state index in [2.05, 4.69) is 22.7 Å². The molecular formula is C20H18ClN3O3S. The van der Waals surface area contributed by atoms with Crippen molar-refractivity contribution >= 4 is 46.8 Å². The molecule has 0 heterocycles. The Morgan fingerprint density at radius 3 is 2.50 bits per heavy atom. The fourth-order valence-electron chi connectivity index (χ4n) is 2.00. The van der Waals surface area contributed by atoms with E-state index < -0.39 is 11.8 Å². The average molecular weight is 416 g/mol. The molecule has 0 spiro atoms. The van der Waals surface area contributed by atoms with Crippen molar-refractivity contribution in [1.82, 2.24) is 16.2 Å². The van der Waals surface area contributed by atoms with Gasteiger partial charge in [-0.05, 0) is 54.2 Å². The monoisotopic (exact) mass is 415 g/mol. The molecule has 2 aromatic carbocycles. The van der Waals surface area contributed by atoms with Gasteiger partial charge in [0.2, 0.25) is 5.91 Å². The molecule has 6 nitrogen and oxygen atoms in total. The van der Waals surface area contributed by atoms with Crippen LogP contribution in [0.25, 0.3) is 6.08 Å². The highest BCUT2D eigenvalue weighted by molar-refractivity contribution is 7.80. The first kappa shape index (κ1) is 21.1. The number of rotatable bonds is 6. The molecule has 0 atom stereocenters. The quantitative estimate of drug-likeness (QED) is 0.292. The van der Waals surface area contributed by atoms with E-state index in [9.17, 15) is 9.59 Å². The minimum Gasteiger partial charge on any atom is -0.490 e. The van der Waals surface area contributed by atoms with Crippen LogP contribution in [0.2, 0.25) is 5.02 Å². The fourth-order valence-corrected chi connectivity index (χ4v) is 2.35. The summed E-state index contributed by atoms with van der Waals surface area (Å²) in [5.41, 5.74) is 5.96. The maximum atomic E-state index is 12.1. The summed E-state index contributed by atoms with van der Waals surface area (Å²) >= 11 is 11.0. The SMILES string of the molecule is C=CCOc1ccc(C(=O)NNC(=S)NC(=O)/C=C/c2ccccc2Cl)cc1. The van der Waals surface area contributed by atoms with Gasteiger partial charge in [0.15, 0.2) is 5.11 Å². The predicted octanol–water partition coefficient (Wildman–Crippen LogP) is 3.25. The number of halogens is 1. The molecule has 0 fully saturated rings. The Bertz CT molecular complexity index is 898. The molecule has 0 bridgehead atoms. The Morgan fingerprint density at radius 2 is 1.82 bits per heavy atom. The molecule has 0 aromatic heterocycles. The second-order valence-corrected chi connectivity index (χ2v) is 6.19. The van der Waals surface area contributed by atoms with Crippen LogP contribution in [-0.4, -0.2) is 23.5 Å². The topological polar surface area (TPSA) is 79.5 Å². The molecule has 144 valence electrons. The van der Waals surface area contributed by atoms with Crippen LogP contribution in [0.4, 0.5) is 0 Å². The van der Waals surface area contributed by atoms with E-state index in [1.165, 1.54) is 6.08 Å². The number of carbonyl (C=O) groups excluding carboxylic acids is 2. The van der Waals surface area contributed by atoms with Crippen LogP contribution >= 0.6 is 23.8 Å². The van der Waals surface area contributed by atoms with Crippen molar-refractivity contribution in [3.05, 3.63) is 83.4 Å². The third-order valence-electron chi connectivity index (χ3n) is 3.33.